The van der Waals surface area contributed by atoms with Crippen LogP contribution in [-0.4, -0.2) is 5.91 Å². The molecule has 5 heteroatoms. The molecule has 19 heavy (non-hydrogen) atoms. The summed E-state index contributed by atoms with van der Waals surface area (Å²) in [4.78, 5) is 10.9. The second-order valence-electron chi connectivity index (χ2n) is 4.13. The lowest BCUT2D eigenvalue weighted by molar-refractivity contribution is 0.0996. The molecule has 0 fully saturated rings. The Balaban J connectivity index is 2.29. The van der Waals surface area contributed by atoms with Crippen LogP contribution in [0.4, 0.5) is 10.1 Å². The molecular formula is C14H13FN2O2. The summed E-state index contributed by atoms with van der Waals surface area (Å²) in [6.07, 6.45) is 0. The summed E-state index contributed by atoms with van der Waals surface area (Å²) in [5.74, 6) is -0.665. The third-order valence-corrected chi connectivity index (χ3v) is 2.63. The lowest BCUT2D eigenvalue weighted by atomic mass is 10.2. The molecule has 0 aliphatic carbocycles. The molecule has 0 saturated carbocycles. The molecule has 0 atom stereocenters. The normalized spacial score (nSPS) is 10.2. The van der Waals surface area contributed by atoms with Crippen molar-refractivity contribution in [2.75, 3.05) is 5.73 Å². The van der Waals surface area contributed by atoms with Crippen LogP contribution >= 0.6 is 0 Å². The van der Waals surface area contributed by atoms with Gasteiger partial charge in [0.1, 0.15) is 17.3 Å². The summed E-state index contributed by atoms with van der Waals surface area (Å²) in [5, 5.41) is 0. The van der Waals surface area contributed by atoms with Crippen LogP contribution < -0.4 is 16.2 Å². The molecule has 0 radical (unpaired) electrons. The second kappa shape index (κ2) is 4.97. The number of anilines is 1. The Labute approximate surface area is 109 Å². The van der Waals surface area contributed by atoms with E-state index < -0.39 is 11.7 Å². The van der Waals surface area contributed by atoms with E-state index in [0.29, 0.717) is 11.4 Å². The number of aryl methyl sites for hydroxylation is 1. The number of rotatable bonds is 3. The number of amides is 1. The molecule has 4 nitrogen and oxygen atoms in total. The summed E-state index contributed by atoms with van der Waals surface area (Å²) < 4.78 is 19.1. The van der Waals surface area contributed by atoms with Gasteiger partial charge in [0.25, 0.3) is 5.91 Å². The van der Waals surface area contributed by atoms with Gasteiger partial charge in [-0.25, -0.2) is 4.39 Å². The number of hydrogen-bond donors (Lipinski definition) is 2. The Morgan fingerprint density at radius 2 is 1.95 bits per heavy atom. The molecule has 2 aromatic rings. The van der Waals surface area contributed by atoms with E-state index in [4.69, 9.17) is 16.2 Å². The largest absolute Gasteiger partial charge is 0.457 e. The highest BCUT2D eigenvalue weighted by atomic mass is 19.1. The molecule has 0 unspecified atom stereocenters. The van der Waals surface area contributed by atoms with Crippen LogP contribution in [0, 0.1) is 12.7 Å². The van der Waals surface area contributed by atoms with Crippen LogP contribution in [0.1, 0.15) is 15.9 Å². The van der Waals surface area contributed by atoms with E-state index in [1.165, 1.54) is 12.1 Å². The molecule has 98 valence electrons. The predicted molar refractivity (Wildman–Crippen MR) is 70.6 cm³/mol. The molecule has 0 bridgehead atoms. The van der Waals surface area contributed by atoms with E-state index in [1.54, 1.807) is 18.2 Å². The molecule has 0 saturated heterocycles. The summed E-state index contributed by atoms with van der Waals surface area (Å²) in [5.41, 5.74) is 11.9. The van der Waals surface area contributed by atoms with Gasteiger partial charge in [-0.2, -0.15) is 0 Å². The number of carbonyl (C=O) groups excluding carboxylic acids is 1. The Kier molecular flexibility index (Phi) is 3.37. The van der Waals surface area contributed by atoms with Gasteiger partial charge in [0.15, 0.2) is 0 Å². The van der Waals surface area contributed by atoms with Crippen molar-refractivity contribution in [3.63, 3.8) is 0 Å². The minimum Gasteiger partial charge on any atom is -0.457 e. The van der Waals surface area contributed by atoms with Crippen LogP contribution in [0.2, 0.25) is 0 Å². The molecule has 0 aliphatic heterocycles. The number of nitrogen functional groups attached to an aromatic ring is 1. The molecule has 0 spiro atoms. The number of benzene rings is 2. The quantitative estimate of drug-likeness (QED) is 0.832. The highest BCUT2D eigenvalue weighted by molar-refractivity contribution is 5.93. The van der Waals surface area contributed by atoms with Crippen molar-refractivity contribution in [3.8, 4) is 11.5 Å². The highest BCUT2D eigenvalue weighted by Gasteiger charge is 2.10. The van der Waals surface area contributed by atoms with Gasteiger partial charge in [0, 0.05) is 11.8 Å². The third kappa shape index (κ3) is 2.82. The number of primary amides is 1. The molecule has 0 aliphatic rings. The lowest BCUT2D eigenvalue weighted by Gasteiger charge is -2.10. The first-order valence-corrected chi connectivity index (χ1v) is 5.60. The molecule has 0 aromatic heterocycles. The van der Waals surface area contributed by atoms with E-state index >= 15 is 0 Å². The Bertz CT molecular complexity index is 641. The average molecular weight is 260 g/mol. The maximum absolute atomic E-state index is 13.6. The van der Waals surface area contributed by atoms with E-state index in [9.17, 15) is 9.18 Å². The van der Waals surface area contributed by atoms with Crippen molar-refractivity contribution >= 4 is 11.6 Å². The van der Waals surface area contributed by atoms with Crippen molar-refractivity contribution in [2.24, 2.45) is 5.73 Å². The summed E-state index contributed by atoms with van der Waals surface area (Å²) in [6, 6.07) is 9.04. The Morgan fingerprint density at radius 3 is 2.53 bits per heavy atom. The molecule has 0 heterocycles. The molecular weight excluding hydrogens is 247 g/mol. The van der Waals surface area contributed by atoms with E-state index in [0.717, 1.165) is 11.6 Å². The topological polar surface area (TPSA) is 78.3 Å². The minimum absolute atomic E-state index is 0.165. The van der Waals surface area contributed by atoms with Crippen molar-refractivity contribution in [2.45, 2.75) is 6.92 Å². The van der Waals surface area contributed by atoms with Crippen LogP contribution in [0.15, 0.2) is 36.4 Å². The number of ether oxygens (including phenoxy) is 1. The molecule has 2 rings (SSSR count). The zero-order valence-electron chi connectivity index (χ0n) is 10.3. The standard InChI is InChI=1S/C14H13FN2O2/c1-8-6-9(16)2-5-13(8)19-10-3-4-11(14(17)18)12(15)7-10/h2-7H,16H2,1H3,(H2,17,18). The first kappa shape index (κ1) is 12.9. The summed E-state index contributed by atoms with van der Waals surface area (Å²) >= 11 is 0. The lowest BCUT2D eigenvalue weighted by Crippen LogP contribution is -2.12. The summed E-state index contributed by atoms with van der Waals surface area (Å²) in [6.45, 7) is 1.83. The van der Waals surface area contributed by atoms with Crippen LogP contribution in [-0.2, 0) is 0 Å². The highest BCUT2D eigenvalue weighted by Crippen LogP contribution is 2.27. The van der Waals surface area contributed by atoms with Crippen molar-refractivity contribution in [1.29, 1.82) is 0 Å². The fourth-order valence-electron chi connectivity index (χ4n) is 1.67. The average Bonchev–Trinajstić information content (AvgIpc) is 2.32. The fraction of sp³-hybridized carbons (Fsp3) is 0.0714. The number of halogens is 1. The monoisotopic (exact) mass is 260 g/mol. The number of hydrogen-bond acceptors (Lipinski definition) is 3. The van der Waals surface area contributed by atoms with Crippen molar-refractivity contribution < 1.29 is 13.9 Å². The van der Waals surface area contributed by atoms with Gasteiger partial charge in [0.05, 0.1) is 5.56 Å². The van der Waals surface area contributed by atoms with Crippen LogP contribution in [0.5, 0.6) is 11.5 Å². The van der Waals surface area contributed by atoms with Gasteiger partial charge in [-0.3, -0.25) is 4.79 Å². The maximum Gasteiger partial charge on any atom is 0.251 e. The van der Waals surface area contributed by atoms with Crippen LogP contribution in [0.25, 0.3) is 0 Å². The first-order chi connectivity index (χ1) is 8.97. The SMILES string of the molecule is Cc1cc(N)ccc1Oc1ccc(C(N)=O)c(F)c1. The van der Waals surface area contributed by atoms with Gasteiger partial charge in [-0.1, -0.05) is 0 Å². The first-order valence-electron chi connectivity index (χ1n) is 5.60. The third-order valence-electron chi connectivity index (χ3n) is 2.63. The smallest absolute Gasteiger partial charge is 0.251 e. The fourth-order valence-corrected chi connectivity index (χ4v) is 1.67. The van der Waals surface area contributed by atoms with Gasteiger partial charge in [-0.05, 0) is 42.8 Å². The zero-order valence-corrected chi connectivity index (χ0v) is 10.3. The molecule has 1 amide bonds. The second-order valence-corrected chi connectivity index (χ2v) is 4.13. The Hall–Kier alpha value is -2.56. The minimum atomic E-state index is -0.812. The predicted octanol–water partition coefficient (Wildman–Crippen LogP) is 2.61. The molecule has 2 aromatic carbocycles. The van der Waals surface area contributed by atoms with Gasteiger partial charge < -0.3 is 16.2 Å². The molecule has 4 N–H and O–H groups in total. The van der Waals surface area contributed by atoms with E-state index in [-0.39, 0.29) is 11.3 Å². The van der Waals surface area contributed by atoms with Gasteiger partial charge in [0.2, 0.25) is 0 Å². The van der Waals surface area contributed by atoms with E-state index in [1.807, 2.05) is 6.92 Å². The Morgan fingerprint density at radius 1 is 1.21 bits per heavy atom. The van der Waals surface area contributed by atoms with Crippen molar-refractivity contribution in [3.05, 3.63) is 53.3 Å². The summed E-state index contributed by atoms with van der Waals surface area (Å²) in [7, 11) is 0. The maximum atomic E-state index is 13.6. The van der Waals surface area contributed by atoms with Crippen LogP contribution in [0.3, 0.4) is 0 Å². The number of nitrogens with two attached hydrogens (primary N) is 2. The zero-order chi connectivity index (χ0) is 14.0. The number of carbonyl (C=O) groups is 1. The van der Waals surface area contributed by atoms with Gasteiger partial charge in [-0.15, -0.1) is 0 Å². The van der Waals surface area contributed by atoms with Crippen molar-refractivity contribution in [1.82, 2.24) is 0 Å². The van der Waals surface area contributed by atoms with Gasteiger partial charge >= 0.3 is 0 Å². The van der Waals surface area contributed by atoms with E-state index in [2.05, 4.69) is 0 Å².